The summed E-state index contributed by atoms with van der Waals surface area (Å²) in [7, 11) is 1.86. The number of carbonyl (C=O) groups is 2. The summed E-state index contributed by atoms with van der Waals surface area (Å²) in [6, 6.07) is 8.97. The Morgan fingerprint density at radius 3 is 2.52 bits per heavy atom. The van der Waals surface area contributed by atoms with Gasteiger partial charge < -0.3 is 19.9 Å². The molecule has 40 heavy (non-hydrogen) atoms. The van der Waals surface area contributed by atoms with E-state index >= 15 is 0 Å². The zero-order chi connectivity index (χ0) is 29.3. The van der Waals surface area contributed by atoms with E-state index in [4.69, 9.17) is 10.00 Å². The largest absolute Gasteiger partial charge is 0.379 e. The van der Waals surface area contributed by atoms with Crippen LogP contribution < -0.4 is 5.32 Å². The number of carbonyl (C=O) groups excluding carboxylic acids is 2. The molecule has 1 saturated carbocycles. The topological polar surface area (TPSA) is 138 Å². The lowest BCUT2D eigenvalue weighted by atomic mass is 10.0. The van der Waals surface area contributed by atoms with Gasteiger partial charge in [0, 0.05) is 38.8 Å². The highest BCUT2D eigenvalue weighted by molar-refractivity contribution is 7.94. The number of rotatable bonds is 12. The van der Waals surface area contributed by atoms with E-state index in [1.54, 1.807) is 50.1 Å². The fourth-order valence-electron chi connectivity index (χ4n) is 5.09. The Balaban J connectivity index is 1.44. The number of benzene rings is 1. The van der Waals surface area contributed by atoms with Gasteiger partial charge in [0.1, 0.15) is 5.69 Å². The average Bonchev–Trinajstić information content (AvgIpc) is 3.63. The number of nitriles is 1. The minimum atomic E-state index is -3.62. The van der Waals surface area contributed by atoms with Crippen LogP contribution in [0.5, 0.6) is 0 Å². The van der Waals surface area contributed by atoms with Crippen molar-refractivity contribution in [3.8, 4) is 6.07 Å². The fourth-order valence-corrected chi connectivity index (χ4v) is 7.47. The van der Waals surface area contributed by atoms with E-state index in [-0.39, 0.29) is 37.2 Å². The highest BCUT2D eigenvalue weighted by Crippen LogP contribution is 2.49. The number of amides is 2. The second kappa shape index (κ2) is 11.3. The minimum Gasteiger partial charge on any atom is -0.379 e. The summed E-state index contributed by atoms with van der Waals surface area (Å²) in [4.78, 5) is 30.1. The third-order valence-electron chi connectivity index (χ3n) is 7.73. The van der Waals surface area contributed by atoms with Crippen LogP contribution in [0.15, 0.2) is 24.3 Å². The summed E-state index contributed by atoms with van der Waals surface area (Å²) in [6.07, 6.45) is 1.41. The number of nitrogens with one attached hydrogen (secondary N) is 1. The molecule has 1 aliphatic carbocycles. The van der Waals surface area contributed by atoms with Gasteiger partial charge in [-0.25, -0.2) is 8.42 Å². The van der Waals surface area contributed by atoms with E-state index in [1.165, 1.54) is 4.68 Å². The number of hydrogen-bond donors (Lipinski definition) is 1. The predicted molar refractivity (Wildman–Crippen MR) is 149 cm³/mol. The maximum Gasteiger partial charge on any atom is 0.272 e. The number of likely N-dealkylation sites (N-methyl/N-ethyl adjacent to an activating group) is 1. The number of aryl methyl sites for hydroxylation is 1. The summed E-state index contributed by atoms with van der Waals surface area (Å²) >= 11 is 0. The molecule has 12 heteroatoms. The van der Waals surface area contributed by atoms with Gasteiger partial charge in [0.15, 0.2) is 15.5 Å². The third kappa shape index (κ3) is 5.77. The molecule has 216 valence electrons. The lowest BCUT2D eigenvalue weighted by molar-refractivity contribution is 0.0723. The van der Waals surface area contributed by atoms with Crippen molar-refractivity contribution in [1.29, 1.82) is 5.26 Å². The Labute approximate surface area is 236 Å². The van der Waals surface area contributed by atoms with Crippen LogP contribution in [0.1, 0.15) is 64.4 Å². The molecule has 4 rings (SSSR count). The molecule has 0 atom stereocenters. The third-order valence-corrected chi connectivity index (χ3v) is 11.0. The van der Waals surface area contributed by atoms with E-state index in [1.807, 2.05) is 19.0 Å². The van der Waals surface area contributed by atoms with Gasteiger partial charge in [-0.1, -0.05) is 12.1 Å². The minimum absolute atomic E-state index is 0.0890. The van der Waals surface area contributed by atoms with Gasteiger partial charge >= 0.3 is 0 Å². The van der Waals surface area contributed by atoms with Crippen molar-refractivity contribution in [3.05, 3.63) is 52.3 Å². The lowest BCUT2D eigenvalue weighted by Crippen LogP contribution is -2.52. The maximum atomic E-state index is 13.8. The Hall–Kier alpha value is -3.27. The average molecular weight is 571 g/mol. The number of aromatic nitrogens is 2. The molecule has 2 heterocycles. The maximum absolute atomic E-state index is 13.8. The number of nitrogens with zero attached hydrogens (tertiary/aromatic N) is 5. The smallest absolute Gasteiger partial charge is 0.272 e. The van der Waals surface area contributed by atoms with E-state index in [9.17, 15) is 18.0 Å². The first-order valence-corrected chi connectivity index (χ1v) is 14.9. The first kappa shape index (κ1) is 29.7. The Morgan fingerprint density at radius 1 is 1.25 bits per heavy atom. The molecule has 1 fully saturated rings. The molecule has 0 bridgehead atoms. The van der Waals surface area contributed by atoms with Crippen molar-refractivity contribution in [2.45, 2.75) is 49.1 Å². The highest BCUT2D eigenvalue weighted by Gasteiger charge is 2.61. The molecule has 0 saturated heterocycles. The zero-order valence-corrected chi connectivity index (χ0v) is 24.7. The summed E-state index contributed by atoms with van der Waals surface area (Å²) < 4.78 is 32.6. The van der Waals surface area contributed by atoms with Crippen LogP contribution in [0.4, 0.5) is 0 Å². The van der Waals surface area contributed by atoms with E-state index in [0.29, 0.717) is 55.8 Å². The van der Waals surface area contributed by atoms with Crippen molar-refractivity contribution in [1.82, 2.24) is 24.9 Å². The summed E-state index contributed by atoms with van der Waals surface area (Å²) in [5.74, 6) is -0.705. The van der Waals surface area contributed by atoms with Crippen LogP contribution in [0.25, 0.3) is 0 Å². The molecule has 2 aromatic rings. The first-order chi connectivity index (χ1) is 18.8. The number of fused-ring (bicyclic) bond motifs is 1. The molecule has 0 radical (unpaired) electrons. The molecule has 1 aliphatic heterocycles. The van der Waals surface area contributed by atoms with Crippen LogP contribution in [0, 0.1) is 11.3 Å². The van der Waals surface area contributed by atoms with E-state index in [0.717, 1.165) is 5.56 Å². The Bertz CT molecular complexity index is 1420. The fraction of sp³-hybridized carbons (Fsp3) is 0.571. The Morgan fingerprint density at radius 2 is 1.93 bits per heavy atom. The molecule has 1 aromatic heterocycles. The number of hydrogen-bond acceptors (Lipinski definition) is 8. The van der Waals surface area contributed by atoms with Crippen molar-refractivity contribution in [2.75, 3.05) is 46.9 Å². The standard InChI is InChI=1S/C28H38N6O5S/c1-27(2,19-39-15-14-32(3)4)40(37,38)28(11-12-28)18-34-13-10-22-23(31-33(5)24(22)26(34)36)25(35)30-17-21-8-6-20(16-29)7-9-21/h6-9H,10-15,17-19H2,1-5H3,(H,30,35). The van der Waals surface area contributed by atoms with Crippen molar-refractivity contribution in [3.63, 3.8) is 0 Å². The van der Waals surface area contributed by atoms with Crippen LogP contribution in [0.2, 0.25) is 0 Å². The van der Waals surface area contributed by atoms with Crippen LogP contribution >= 0.6 is 0 Å². The molecule has 0 spiro atoms. The van der Waals surface area contributed by atoms with Gasteiger partial charge in [0.2, 0.25) is 0 Å². The summed E-state index contributed by atoms with van der Waals surface area (Å²) in [5, 5.41) is 16.1. The SMILES string of the molecule is CN(C)CCOCC(C)(C)S(=O)(=O)C1(CN2CCc3c(C(=O)NCc4ccc(C#N)cc4)nn(C)c3C2=O)CC1. The summed E-state index contributed by atoms with van der Waals surface area (Å²) in [6.45, 7) is 5.29. The second-order valence-corrected chi connectivity index (χ2v) is 14.5. The molecular weight excluding hydrogens is 532 g/mol. The molecule has 2 aliphatic rings. The van der Waals surface area contributed by atoms with Crippen molar-refractivity contribution in [2.24, 2.45) is 7.05 Å². The number of sulfone groups is 1. The highest BCUT2D eigenvalue weighted by atomic mass is 32.2. The van der Waals surface area contributed by atoms with Crippen LogP contribution in [-0.4, -0.2) is 96.2 Å². The first-order valence-electron chi connectivity index (χ1n) is 13.4. The second-order valence-electron chi connectivity index (χ2n) is 11.6. The van der Waals surface area contributed by atoms with Gasteiger partial charge in [-0.3, -0.25) is 14.3 Å². The zero-order valence-electron chi connectivity index (χ0n) is 23.9. The molecule has 11 nitrogen and oxygen atoms in total. The van der Waals surface area contributed by atoms with Gasteiger partial charge in [-0.15, -0.1) is 0 Å². The molecule has 2 amide bonds. The molecule has 0 unspecified atom stereocenters. The normalized spacial score (nSPS) is 16.5. The predicted octanol–water partition coefficient (Wildman–Crippen LogP) is 1.52. The van der Waals surface area contributed by atoms with Crippen LogP contribution in [0.3, 0.4) is 0 Å². The summed E-state index contributed by atoms with van der Waals surface area (Å²) in [5.41, 5.74) is 2.46. The monoisotopic (exact) mass is 570 g/mol. The van der Waals surface area contributed by atoms with Crippen molar-refractivity contribution >= 4 is 21.7 Å². The van der Waals surface area contributed by atoms with Gasteiger partial charge in [-0.2, -0.15) is 10.4 Å². The molecule has 1 N–H and O–H groups in total. The lowest BCUT2D eigenvalue weighted by Gasteiger charge is -2.35. The molecular formula is C28H38N6O5S. The van der Waals surface area contributed by atoms with E-state index in [2.05, 4.69) is 16.5 Å². The van der Waals surface area contributed by atoms with Gasteiger partial charge in [0.05, 0.1) is 34.3 Å². The van der Waals surface area contributed by atoms with Gasteiger partial charge in [-0.05, 0) is 64.9 Å². The number of ether oxygens (including phenoxy) is 1. The van der Waals surface area contributed by atoms with Crippen molar-refractivity contribution < 1.29 is 22.7 Å². The van der Waals surface area contributed by atoms with Gasteiger partial charge in [0.25, 0.3) is 11.8 Å². The molecule has 1 aromatic carbocycles. The quantitative estimate of drug-likeness (QED) is 0.379. The van der Waals surface area contributed by atoms with Crippen LogP contribution in [-0.2, 0) is 34.6 Å². The Kier molecular flexibility index (Phi) is 8.40. The van der Waals surface area contributed by atoms with E-state index < -0.39 is 19.3 Å².